The number of nitro groups is 1. The molecule has 3 aromatic carbocycles. The van der Waals surface area contributed by atoms with Crippen molar-refractivity contribution in [3.8, 4) is 11.3 Å². The number of nitro benzene ring substituents is 1. The van der Waals surface area contributed by atoms with Gasteiger partial charge in [0.05, 0.1) is 21.7 Å². The molecule has 1 amide bonds. The zero-order valence-corrected chi connectivity index (χ0v) is 16.5. The Balaban J connectivity index is 1.84. The number of carbonyl (C=O) groups excluding carboxylic acids is 1. The number of aryl methyl sites for hydroxylation is 1. The standard InChI is InChI=1S/C24H19N3O3/c1-15-10-12-17(13-11-15)23-16(2)22(20-8-3-4-9-21(20)26-23)24(28)25-18-6-5-7-19(14-18)27(29)30/h3-14H,1-2H3,(H,25,28). The third-order valence-corrected chi connectivity index (χ3v) is 5.00. The quantitative estimate of drug-likeness (QED) is 0.355. The summed E-state index contributed by atoms with van der Waals surface area (Å²) in [4.78, 5) is 28.6. The molecule has 0 unspecified atom stereocenters. The van der Waals surface area contributed by atoms with Crippen LogP contribution in [0.4, 0.5) is 11.4 Å². The van der Waals surface area contributed by atoms with E-state index in [4.69, 9.17) is 4.98 Å². The third-order valence-electron chi connectivity index (χ3n) is 5.00. The number of amides is 1. The maximum absolute atomic E-state index is 13.3. The van der Waals surface area contributed by atoms with Crippen molar-refractivity contribution in [2.24, 2.45) is 0 Å². The van der Waals surface area contributed by atoms with E-state index in [1.807, 2.05) is 62.4 Å². The molecule has 0 bridgehead atoms. The molecule has 4 aromatic rings. The number of rotatable bonds is 4. The van der Waals surface area contributed by atoms with Gasteiger partial charge in [0.1, 0.15) is 0 Å². The van der Waals surface area contributed by atoms with Crippen LogP contribution in [-0.4, -0.2) is 15.8 Å². The summed E-state index contributed by atoms with van der Waals surface area (Å²) in [7, 11) is 0. The van der Waals surface area contributed by atoms with Crippen LogP contribution in [0.5, 0.6) is 0 Å². The molecule has 0 aliphatic rings. The molecule has 1 aromatic heterocycles. The SMILES string of the molecule is Cc1ccc(-c2nc3ccccc3c(C(=O)Nc3cccc([N+](=O)[O-])c3)c2C)cc1. The van der Waals surface area contributed by atoms with E-state index in [1.165, 1.54) is 12.1 Å². The lowest BCUT2D eigenvalue weighted by Gasteiger charge is -2.15. The van der Waals surface area contributed by atoms with Crippen LogP contribution in [0.3, 0.4) is 0 Å². The molecular weight excluding hydrogens is 378 g/mol. The van der Waals surface area contributed by atoms with E-state index in [1.54, 1.807) is 12.1 Å². The smallest absolute Gasteiger partial charge is 0.271 e. The van der Waals surface area contributed by atoms with Crippen LogP contribution < -0.4 is 5.32 Å². The fourth-order valence-electron chi connectivity index (χ4n) is 3.48. The molecule has 0 atom stereocenters. The largest absolute Gasteiger partial charge is 0.322 e. The second kappa shape index (κ2) is 7.75. The summed E-state index contributed by atoms with van der Waals surface area (Å²) in [6, 6.07) is 21.4. The molecule has 30 heavy (non-hydrogen) atoms. The van der Waals surface area contributed by atoms with Gasteiger partial charge in [-0.05, 0) is 31.5 Å². The maximum Gasteiger partial charge on any atom is 0.271 e. The van der Waals surface area contributed by atoms with Crippen LogP contribution in [-0.2, 0) is 0 Å². The van der Waals surface area contributed by atoms with Gasteiger partial charge in [-0.3, -0.25) is 14.9 Å². The van der Waals surface area contributed by atoms with Crippen molar-refractivity contribution >= 4 is 28.2 Å². The summed E-state index contributed by atoms with van der Waals surface area (Å²) >= 11 is 0. The number of nitrogens with zero attached hydrogens (tertiary/aromatic N) is 2. The lowest BCUT2D eigenvalue weighted by molar-refractivity contribution is -0.384. The van der Waals surface area contributed by atoms with Crippen LogP contribution in [0.15, 0.2) is 72.8 Å². The summed E-state index contributed by atoms with van der Waals surface area (Å²) in [5, 5.41) is 14.6. The predicted molar refractivity (Wildman–Crippen MR) is 118 cm³/mol. The number of para-hydroxylation sites is 1. The van der Waals surface area contributed by atoms with Crippen molar-refractivity contribution in [3.63, 3.8) is 0 Å². The number of carbonyl (C=O) groups is 1. The monoisotopic (exact) mass is 397 g/mol. The molecule has 6 nitrogen and oxygen atoms in total. The lowest BCUT2D eigenvalue weighted by Crippen LogP contribution is -2.15. The molecule has 0 fully saturated rings. The van der Waals surface area contributed by atoms with Crippen molar-refractivity contribution in [2.45, 2.75) is 13.8 Å². The first-order chi connectivity index (χ1) is 14.4. The highest BCUT2D eigenvalue weighted by Crippen LogP contribution is 2.30. The van der Waals surface area contributed by atoms with Crippen LogP contribution in [0.1, 0.15) is 21.5 Å². The number of hydrogen-bond acceptors (Lipinski definition) is 4. The Labute approximate surface area is 173 Å². The van der Waals surface area contributed by atoms with Gasteiger partial charge in [0.15, 0.2) is 0 Å². The summed E-state index contributed by atoms with van der Waals surface area (Å²) in [5.41, 5.74) is 5.05. The molecule has 1 N–H and O–H groups in total. The highest BCUT2D eigenvalue weighted by molar-refractivity contribution is 6.14. The Kier molecular flexibility index (Phi) is 4.98. The maximum atomic E-state index is 13.3. The fourth-order valence-corrected chi connectivity index (χ4v) is 3.48. The molecule has 4 rings (SSSR count). The minimum atomic E-state index is -0.488. The average Bonchev–Trinajstić information content (AvgIpc) is 2.74. The van der Waals surface area contributed by atoms with E-state index in [0.717, 1.165) is 27.8 Å². The van der Waals surface area contributed by atoms with Gasteiger partial charge >= 0.3 is 0 Å². The first-order valence-electron chi connectivity index (χ1n) is 9.46. The molecule has 148 valence electrons. The van der Waals surface area contributed by atoms with Crippen LogP contribution in [0.2, 0.25) is 0 Å². The number of fused-ring (bicyclic) bond motifs is 1. The zero-order valence-electron chi connectivity index (χ0n) is 16.5. The minimum absolute atomic E-state index is 0.0792. The van der Waals surface area contributed by atoms with Gasteiger partial charge in [-0.2, -0.15) is 0 Å². The Morgan fingerprint density at radius 2 is 1.70 bits per heavy atom. The predicted octanol–water partition coefficient (Wildman–Crippen LogP) is 5.68. The van der Waals surface area contributed by atoms with Crippen LogP contribution >= 0.6 is 0 Å². The van der Waals surface area contributed by atoms with Gasteiger partial charge in [0, 0.05) is 28.8 Å². The van der Waals surface area contributed by atoms with Crippen molar-refractivity contribution in [2.75, 3.05) is 5.32 Å². The topological polar surface area (TPSA) is 85.1 Å². The van der Waals surface area contributed by atoms with E-state index < -0.39 is 4.92 Å². The second-order valence-corrected chi connectivity index (χ2v) is 7.11. The van der Waals surface area contributed by atoms with Gasteiger partial charge in [0.2, 0.25) is 0 Å². The van der Waals surface area contributed by atoms with E-state index in [2.05, 4.69) is 5.32 Å². The Hall–Kier alpha value is -4.06. The number of anilines is 1. The van der Waals surface area contributed by atoms with Gasteiger partial charge in [-0.1, -0.05) is 54.1 Å². The second-order valence-electron chi connectivity index (χ2n) is 7.11. The summed E-state index contributed by atoms with van der Waals surface area (Å²) in [6.07, 6.45) is 0. The number of hydrogen-bond donors (Lipinski definition) is 1. The Morgan fingerprint density at radius 3 is 2.43 bits per heavy atom. The van der Waals surface area contributed by atoms with E-state index in [-0.39, 0.29) is 11.6 Å². The lowest BCUT2D eigenvalue weighted by atomic mass is 9.96. The highest BCUT2D eigenvalue weighted by Gasteiger charge is 2.19. The molecule has 0 spiro atoms. The number of non-ortho nitro benzene ring substituents is 1. The molecule has 0 aliphatic carbocycles. The number of nitrogens with one attached hydrogen (secondary N) is 1. The molecule has 0 radical (unpaired) electrons. The first-order valence-corrected chi connectivity index (χ1v) is 9.46. The van der Waals surface area contributed by atoms with Gasteiger partial charge < -0.3 is 5.32 Å². The summed E-state index contributed by atoms with van der Waals surface area (Å²) in [6.45, 7) is 3.89. The molecule has 0 saturated carbocycles. The molecular formula is C24H19N3O3. The van der Waals surface area contributed by atoms with Crippen molar-refractivity contribution in [1.82, 2.24) is 4.98 Å². The van der Waals surface area contributed by atoms with Crippen LogP contribution in [0, 0.1) is 24.0 Å². The normalized spacial score (nSPS) is 10.7. The van der Waals surface area contributed by atoms with E-state index >= 15 is 0 Å². The van der Waals surface area contributed by atoms with Gasteiger partial charge in [0.25, 0.3) is 11.6 Å². The summed E-state index contributed by atoms with van der Waals surface area (Å²) in [5.74, 6) is -0.333. The Bertz CT molecular complexity index is 1280. The summed E-state index contributed by atoms with van der Waals surface area (Å²) < 4.78 is 0. The Morgan fingerprint density at radius 1 is 0.967 bits per heavy atom. The van der Waals surface area contributed by atoms with Crippen molar-refractivity contribution in [1.29, 1.82) is 0 Å². The minimum Gasteiger partial charge on any atom is -0.322 e. The molecule has 1 heterocycles. The number of pyridine rings is 1. The van der Waals surface area contributed by atoms with Crippen molar-refractivity contribution < 1.29 is 9.72 Å². The van der Waals surface area contributed by atoms with Crippen LogP contribution in [0.25, 0.3) is 22.2 Å². The van der Waals surface area contributed by atoms with E-state index in [9.17, 15) is 14.9 Å². The zero-order chi connectivity index (χ0) is 21.3. The third kappa shape index (κ3) is 3.63. The molecule has 0 aliphatic heterocycles. The van der Waals surface area contributed by atoms with Crippen molar-refractivity contribution in [3.05, 3.63) is 99.6 Å². The average molecular weight is 397 g/mol. The molecule has 0 saturated heterocycles. The molecule has 6 heteroatoms. The highest BCUT2D eigenvalue weighted by atomic mass is 16.6. The first kappa shape index (κ1) is 19.3. The fraction of sp³-hybridized carbons (Fsp3) is 0.0833. The number of benzene rings is 3. The number of aromatic nitrogens is 1. The van der Waals surface area contributed by atoms with Gasteiger partial charge in [-0.25, -0.2) is 4.98 Å². The van der Waals surface area contributed by atoms with Gasteiger partial charge in [-0.15, -0.1) is 0 Å². The van der Waals surface area contributed by atoms with E-state index in [0.29, 0.717) is 16.8 Å².